The summed E-state index contributed by atoms with van der Waals surface area (Å²) in [5.74, 6) is 0. The minimum absolute atomic E-state index is 0.0479. The summed E-state index contributed by atoms with van der Waals surface area (Å²) < 4.78 is 2.69. The van der Waals surface area contributed by atoms with E-state index >= 15 is 0 Å². The second-order valence-electron chi connectivity index (χ2n) is 8.70. The first-order valence-electron chi connectivity index (χ1n) is 10.4. The predicted molar refractivity (Wildman–Crippen MR) is 133 cm³/mol. The molecule has 0 aliphatic heterocycles. The quantitative estimate of drug-likeness (QED) is 0.289. The van der Waals surface area contributed by atoms with Gasteiger partial charge in [-0.25, -0.2) is 0 Å². The van der Waals surface area contributed by atoms with Crippen molar-refractivity contribution in [3.63, 3.8) is 0 Å². The molecule has 0 atom stereocenters. The van der Waals surface area contributed by atoms with Crippen LogP contribution in [0.4, 0.5) is 11.4 Å². The van der Waals surface area contributed by atoms with E-state index in [4.69, 9.17) is 0 Å². The molecule has 1 heterocycles. The standard InChI is InChI=1S/C28H25NS/c1-28(2,3)29(22-15-13-21(14-16-22)20-9-5-4-6-10-20)23-17-18-27-25(19-23)24-11-7-8-12-26(24)30-27/h4-19H,1-3H3. The van der Waals surface area contributed by atoms with Crippen molar-refractivity contribution in [2.75, 3.05) is 4.90 Å². The normalized spacial score (nSPS) is 11.8. The Morgan fingerprint density at radius 3 is 1.90 bits per heavy atom. The van der Waals surface area contributed by atoms with Crippen LogP contribution >= 0.6 is 11.3 Å². The average molecular weight is 408 g/mol. The molecular formula is C28H25NS. The van der Waals surface area contributed by atoms with E-state index in [1.807, 2.05) is 11.3 Å². The first-order chi connectivity index (χ1) is 14.5. The SMILES string of the molecule is CC(C)(C)N(c1ccc(-c2ccccc2)cc1)c1ccc2sc3ccccc3c2c1. The number of thiophene rings is 1. The third-order valence-electron chi connectivity index (χ3n) is 5.52. The summed E-state index contributed by atoms with van der Waals surface area (Å²) in [5, 5.41) is 2.68. The summed E-state index contributed by atoms with van der Waals surface area (Å²) in [6.07, 6.45) is 0. The smallest absolute Gasteiger partial charge is 0.0423 e. The predicted octanol–water partition coefficient (Wildman–Crippen LogP) is 8.66. The van der Waals surface area contributed by atoms with Gasteiger partial charge in [-0.15, -0.1) is 11.3 Å². The Labute approximate surface area is 182 Å². The van der Waals surface area contributed by atoms with Crippen LogP contribution in [0.25, 0.3) is 31.3 Å². The van der Waals surface area contributed by atoms with Gasteiger partial charge >= 0.3 is 0 Å². The molecule has 0 spiro atoms. The molecule has 0 N–H and O–H groups in total. The monoisotopic (exact) mass is 407 g/mol. The van der Waals surface area contributed by atoms with Crippen LogP contribution in [0, 0.1) is 0 Å². The van der Waals surface area contributed by atoms with Crippen LogP contribution in [0.5, 0.6) is 0 Å². The van der Waals surface area contributed by atoms with Gasteiger partial charge in [-0.3, -0.25) is 0 Å². The minimum atomic E-state index is -0.0479. The Morgan fingerprint density at radius 2 is 1.17 bits per heavy atom. The highest BCUT2D eigenvalue weighted by Crippen LogP contribution is 2.40. The average Bonchev–Trinajstić information content (AvgIpc) is 3.12. The molecule has 0 radical (unpaired) electrons. The molecule has 2 heteroatoms. The fraction of sp³-hybridized carbons (Fsp3) is 0.143. The zero-order chi connectivity index (χ0) is 20.7. The van der Waals surface area contributed by atoms with E-state index in [1.165, 1.54) is 42.7 Å². The molecule has 0 bridgehead atoms. The van der Waals surface area contributed by atoms with Crippen LogP contribution in [0.1, 0.15) is 20.8 Å². The minimum Gasteiger partial charge on any atom is -0.336 e. The van der Waals surface area contributed by atoms with Crippen molar-refractivity contribution in [2.24, 2.45) is 0 Å². The summed E-state index contributed by atoms with van der Waals surface area (Å²) in [4.78, 5) is 2.44. The number of benzene rings is 4. The number of hydrogen-bond donors (Lipinski definition) is 0. The van der Waals surface area contributed by atoms with Gasteiger partial charge in [0.05, 0.1) is 0 Å². The molecule has 1 aromatic heterocycles. The molecule has 5 aromatic rings. The molecule has 0 unspecified atom stereocenters. The molecule has 1 nitrogen and oxygen atoms in total. The van der Waals surface area contributed by atoms with Gasteiger partial charge in [0.2, 0.25) is 0 Å². The molecule has 5 rings (SSSR count). The Morgan fingerprint density at radius 1 is 0.567 bits per heavy atom. The van der Waals surface area contributed by atoms with Crippen molar-refractivity contribution in [1.82, 2.24) is 0 Å². The van der Waals surface area contributed by atoms with Crippen molar-refractivity contribution < 1.29 is 0 Å². The lowest BCUT2D eigenvalue weighted by Crippen LogP contribution is -2.37. The van der Waals surface area contributed by atoms with E-state index in [0.717, 1.165) is 0 Å². The lowest BCUT2D eigenvalue weighted by atomic mass is 10.0. The van der Waals surface area contributed by atoms with Crippen molar-refractivity contribution in [2.45, 2.75) is 26.3 Å². The molecule has 0 saturated heterocycles. The fourth-order valence-corrected chi connectivity index (χ4v) is 5.30. The Kier molecular flexibility index (Phi) is 4.60. The molecule has 0 fully saturated rings. The maximum Gasteiger partial charge on any atom is 0.0423 e. The van der Waals surface area contributed by atoms with E-state index in [0.29, 0.717) is 0 Å². The lowest BCUT2D eigenvalue weighted by Gasteiger charge is -2.38. The number of rotatable bonds is 3. The van der Waals surface area contributed by atoms with E-state index in [1.54, 1.807) is 0 Å². The maximum atomic E-state index is 2.44. The highest BCUT2D eigenvalue weighted by atomic mass is 32.1. The lowest BCUT2D eigenvalue weighted by molar-refractivity contribution is 0.560. The third kappa shape index (κ3) is 3.38. The molecule has 0 saturated carbocycles. The van der Waals surface area contributed by atoms with Crippen molar-refractivity contribution in [3.05, 3.63) is 97.1 Å². The summed E-state index contributed by atoms with van der Waals surface area (Å²) in [7, 11) is 0. The van der Waals surface area contributed by atoms with Crippen LogP contribution in [0.2, 0.25) is 0 Å². The number of hydrogen-bond acceptors (Lipinski definition) is 2. The number of anilines is 2. The van der Waals surface area contributed by atoms with Gasteiger partial charge < -0.3 is 4.90 Å². The van der Waals surface area contributed by atoms with Crippen LogP contribution in [0.15, 0.2) is 97.1 Å². The van der Waals surface area contributed by atoms with Gasteiger partial charge in [-0.2, -0.15) is 0 Å². The van der Waals surface area contributed by atoms with Crippen LogP contribution in [-0.2, 0) is 0 Å². The summed E-state index contributed by atoms with van der Waals surface area (Å²) >= 11 is 1.87. The van der Waals surface area contributed by atoms with Crippen molar-refractivity contribution in [1.29, 1.82) is 0 Å². The summed E-state index contributed by atoms with van der Waals surface area (Å²) in [6, 6.07) is 35.1. The van der Waals surface area contributed by atoms with E-state index in [9.17, 15) is 0 Å². The third-order valence-corrected chi connectivity index (χ3v) is 6.67. The van der Waals surface area contributed by atoms with Crippen molar-refractivity contribution >= 4 is 42.9 Å². The second kappa shape index (κ2) is 7.30. The molecular weight excluding hydrogens is 382 g/mol. The largest absolute Gasteiger partial charge is 0.336 e. The number of nitrogens with zero attached hydrogens (tertiary/aromatic N) is 1. The molecule has 0 amide bonds. The maximum absolute atomic E-state index is 2.44. The van der Waals surface area contributed by atoms with Gasteiger partial charge in [0, 0.05) is 37.1 Å². The van der Waals surface area contributed by atoms with Crippen molar-refractivity contribution in [3.8, 4) is 11.1 Å². The van der Waals surface area contributed by atoms with Crippen LogP contribution in [0.3, 0.4) is 0 Å². The number of fused-ring (bicyclic) bond motifs is 3. The van der Waals surface area contributed by atoms with E-state index < -0.39 is 0 Å². The first kappa shape index (κ1) is 18.9. The first-order valence-corrected chi connectivity index (χ1v) is 11.2. The van der Waals surface area contributed by atoms with Crippen LogP contribution in [-0.4, -0.2) is 5.54 Å². The Balaban J connectivity index is 1.61. The van der Waals surface area contributed by atoms with E-state index in [2.05, 4.69) is 123 Å². The molecule has 4 aromatic carbocycles. The van der Waals surface area contributed by atoms with Gasteiger partial charge in [0.1, 0.15) is 0 Å². The Hall–Kier alpha value is -3.10. The zero-order valence-electron chi connectivity index (χ0n) is 17.6. The molecule has 148 valence electrons. The molecule has 0 aliphatic carbocycles. The Bertz CT molecular complexity index is 1310. The van der Waals surface area contributed by atoms with Gasteiger partial charge in [0.25, 0.3) is 0 Å². The molecule has 0 aliphatic rings. The topological polar surface area (TPSA) is 3.24 Å². The summed E-state index contributed by atoms with van der Waals surface area (Å²) in [6.45, 7) is 6.82. The highest BCUT2D eigenvalue weighted by molar-refractivity contribution is 7.25. The highest BCUT2D eigenvalue weighted by Gasteiger charge is 2.24. The summed E-state index contributed by atoms with van der Waals surface area (Å²) in [5.41, 5.74) is 4.88. The van der Waals surface area contributed by atoms with E-state index in [-0.39, 0.29) is 5.54 Å². The van der Waals surface area contributed by atoms with Gasteiger partial charge in [-0.1, -0.05) is 60.7 Å². The van der Waals surface area contributed by atoms with Gasteiger partial charge in [-0.05, 0) is 68.3 Å². The van der Waals surface area contributed by atoms with Crippen LogP contribution < -0.4 is 4.90 Å². The fourth-order valence-electron chi connectivity index (χ4n) is 4.21. The second-order valence-corrected chi connectivity index (χ2v) is 9.78. The van der Waals surface area contributed by atoms with Gasteiger partial charge in [0.15, 0.2) is 0 Å². The zero-order valence-corrected chi connectivity index (χ0v) is 18.4. The molecule has 30 heavy (non-hydrogen) atoms.